The summed E-state index contributed by atoms with van der Waals surface area (Å²) in [6.45, 7) is 4.31. The molecule has 2 aromatic carbocycles. The standard InChI is InChI=1S/C24H20N4.C4H4O4/c1-17-12-21(4-3-10-25)13-18(2)23(17)15-22-9-11-27-24(28-22)14-19-5-7-20(16-26)8-6-19;5-3-8-2-1-4(6)7/h3-9,11-13H,14-15H2,1-2H3;1-3H,(H,6,7)/b;2-1+. The third-order valence-corrected chi connectivity index (χ3v) is 4.98. The highest BCUT2D eigenvalue weighted by molar-refractivity contribution is 5.79. The molecule has 0 saturated heterocycles. The molecule has 0 spiro atoms. The van der Waals surface area contributed by atoms with E-state index in [1.165, 1.54) is 22.8 Å². The summed E-state index contributed by atoms with van der Waals surface area (Å²) in [5.41, 5.74) is 7.36. The van der Waals surface area contributed by atoms with Gasteiger partial charge in [-0.05, 0) is 65.9 Å². The molecule has 0 bridgehead atoms. The van der Waals surface area contributed by atoms with Gasteiger partial charge in [-0.3, -0.25) is 4.79 Å². The molecule has 8 nitrogen and oxygen atoms in total. The van der Waals surface area contributed by atoms with E-state index in [2.05, 4.69) is 41.8 Å². The zero-order chi connectivity index (χ0) is 26.3. The third-order valence-electron chi connectivity index (χ3n) is 4.98. The second kappa shape index (κ2) is 14.2. The quantitative estimate of drug-likeness (QED) is 0.216. The van der Waals surface area contributed by atoms with Crippen molar-refractivity contribution < 1.29 is 19.4 Å². The molecule has 0 aliphatic rings. The maximum absolute atomic E-state index is 9.59. The number of carboxylic acids is 1. The molecule has 0 atom stereocenters. The van der Waals surface area contributed by atoms with Crippen LogP contribution < -0.4 is 0 Å². The van der Waals surface area contributed by atoms with Crippen LogP contribution in [0, 0.1) is 36.5 Å². The number of hydrogen-bond donors (Lipinski definition) is 1. The van der Waals surface area contributed by atoms with Crippen LogP contribution in [0.2, 0.25) is 0 Å². The number of aryl methyl sites for hydroxylation is 2. The van der Waals surface area contributed by atoms with Crippen molar-refractivity contribution in [3.63, 3.8) is 0 Å². The van der Waals surface area contributed by atoms with Crippen LogP contribution in [0.4, 0.5) is 0 Å². The lowest BCUT2D eigenvalue weighted by Gasteiger charge is -2.12. The highest BCUT2D eigenvalue weighted by Crippen LogP contribution is 2.21. The van der Waals surface area contributed by atoms with Crippen LogP contribution >= 0.6 is 0 Å². The van der Waals surface area contributed by atoms with Gasteiger partial charge in [0, 0.05) is 30.8 Å². The summed E-state index contributed by atoms with van der Waals surface area (Å²) >= 11 is 0. The number of nitrogens with zero attached hydrogens (tertiary/aromatic N) is 4. The van der Waals surface area contributed by atoms with E-state index in [0.29, 0.717) is 18.1 Å². The molecule has 180 valence electrons. The van der Waals surface area contributed by atoms with Crippen LogP contribution in [0.15, 0.2) is 67.1 Å². The molecule has 1 aromatic heterocycles. The van der Waals surface area contributed by atoms with Crippen molar-refractivity contribution >= 4 is 18.5 Å². The summed E-state index contributed by atoms with van der Waals surface area (Å²) in [5.74, 6) is -0.377. The van der Waals surface area contributed by atoms with E-state index in [4.69, 9.17) is 20.6 Å². The number of benzene rings is 2. The molecule has 0 unspecified atom stereocenters. The van der Waals surface area contributed by atoms with Gasteiger partial charge in [0.15, 0.2) is 0 Å². The first-order valence-corrected chi connectivity index (χ1v) is 10.8. The number of carboxylic acid groups (broad SMARTS) is 1. The first-order chi connectivity index (χ1) is 17.4. The summed E-state index contributed by atoms with van der Waals surface area (Å²) < 4.78 is 3.90. The van der Waals surface area contributed by atoms with Gasteiger partial charge in [-0.15, -0.1) is 0 Å². The normalized spacial score (nSPS) is 10.2. The lowest BCUT2D eigenvalue weighted by atomic mass is 9.95. The number of carbonyl (C=O) groups is 2. The number of ether oxygens (including phenoxy) is 1. The van der Waals surface area contributed by atoms with E-state index in [-0.39, 0.29) is 6.47 Å². The second-order valence-corrected chi connectivity index (χ2v) is 7.60. The van der Waals surface area contributed by atoms with E-state index in [9.17, 15) is 9.59 Å². The third kappa shape index (κ3) is 9.05. The molecular weight excluding hydrogens is 456 g/mol. The number of allylic oxidation sites excluding steroid dienone is 1. The number of carbonyl (C=O) groups excluding carboxylic acids is 1. The fourth-order valence-electron chi connectivity index (χ4n) is 3.35. The van der Waals surface area contributed by atoms with E-state index in [0.717, 1.165) is 35.3 Å². The number of aliphatic carboxylic acids is 1. The Morgan fingerprint density at radius 3 is 2.36 bits per heavy atom. The molecule has 0 aliphatic heterocycles. The molecule has 3 aromatic rings. The Balaban J connectivity index is 0.000000493. The Labute approximate surface area is 209 Å². The lowest BCUT2D eigenvalue weighted by Crippen LogP contribution is -2.03. The van der Waals surface area contributed by atoms with Gasteiger partial charge in [-0.1, -0.05) is 24.3 Å². The summed E-state index contributed by atoms with van der Waals surface area (Å²) in [6, 6.07) is 17.8. The van der Waals surface area contributed by atoms with Crippen LogP contribution in [0.3, 0.4) is 0 Å². The van der Waals surface area contributed by atoms with Crippen molar-refractivity contribution in [2.45, 2.75) is 26.7 Å². The number of aromatic nitrogens is 2. The molecule has 1 heterocycles. The van der Waals surface area contributed by atoms with Gasteiger partial charge in [-0.25, -0.2) is 14.8 Å². The Hall–Kier alpha value is -5.08. The molecule has 3 rings (SSSR count). The SMILES string of the molecule is Cc1cc(C=CC#N)cc(C)c1Cc1ccnc(Cc2ccc(C#N)cc2)n1.O=CO/C=C/C(=O)O. The van der Waals surface area contributed by atoms with Crippen molar-refractivity contribution in [2.24, 2.45) is 0 Å². The van der Waals surface area contributed by atoms with E-state index < -0.39 is 5.97 Å². The summed E-state index contributed by atoms with van der Waals surface area (Å²) in [4.78, 5) is 28.0. The largest absolute Gasteiger partial charge is 0.478 e. The smallest absolute Gasteiger partial charge is 0.331 e. The zero-order valence-electron chi connectivity index (χ0n) is 19.9. The van der Waals surface area contributed by atoms with Crippen LogP contribution in [0.1, 0.15) is 44.9 Å². The van der Waals surface area contributed by atoms with Crippen molar-refractivity contribution in [3.05, 3.63) is 112 Å². The van der Waals surface area contributed by atoms with Gasteiger partial charge >= 0.3 is 5.97 Å². The first-order valence-electron chi connectivity index (χ1n) is 10.8. The van der Waals surface area contributed by atoms with Gasteiger partial charge in [0.2, 0.25) is 0 Å². The molecule has 0 amide bonds. The Kier molecular flexibility index (Phi) is 10.7. The summed E-state index contributed by atoms with van der Waals surface area (Å²) in [6.07, 6.45) is 8.00. The lowest BCUT2D eigenvalue weighted by molar-refractivity contribution is -0.131. The minimum Gasteiger partial charge on any atom is -0.478 e. The van der Waals surface area contributed by atoms with Crippen molar-refractivity contribution in [1.82, 2.24) is 9.97 Å². The molecule has 0 aliphatic carbocycles. The number of hydrogen-bond acceptors (Lipinski definition) is 7. The fraction of sp³-hybridized carbons (Fsp3) is 0.143. The van der Waals surface area contributed by atoms with E-state index in [1.54, 1.807) is 6.20 Å². The number of rotatable bonds is 8. The van der Waals surface area contributed by atoms with E-state index >= 15 is 0 Å². The predicted octanol–water partition coefficient (Wildman–Crippen LogP) is 4.44. The van der Waals surface area contributed by atoms with Crippen LogP contribution in [-0.4, -0.2) is 27.5 Å². The topological polar surface area (TPSA) is 137 Å². The fourth-order valence-corrected chi connectivity index (χ4v) is 3.35. The van der Waals surface area contributed by atoms with Gasteiger partial charge in [-0.2, -0.15) is 10.5 Å². The first kappa shape index (κ1) is 27.2. The Bertz CT molecular complexity index is 1320. The van der Waals surface area contributed by atoms with Crippen LogP contribution in [0.25, 0.3) is 6.08 Å². The molecule has 1 N–H and O–H groups in total. The average molecular weight is 481 g/mol. The molecule has 0 fully saturated rings. The molecule has 36 heavy (non-hydrogen) atoms. The van der Waals surface area contributed by atoms with E-state index in [1.807, 2.05) is 42.5 Å². The molecule has 0 saturated carbocycles. The average Bonchev–Trinajstić information content (AvgIpc) is 2.86. The maximum Gasteiger partial charge on any atom is 0.331 e. The predicted molar refractivity (Wildman–Crippen MR) is 133 cm³/mol. The Morgan fingerprint density at radius 2 is 1.78 bits per heavy atom. The van der Waals surface area contributed by atoms with Gasteiger partial charge in [0.1, 0.15) is 12.1 Å². The zero-order valence-corrected chi connectivity index (χ0v) is 19.9. The highest BCUT2D eigenvalue weighted by atomic mass is 16.5. The maximum atomic E-state index is 9.59. The van der Waals surface area contributed by atoms with Crippen LogP contribution in [0.5, 0.6) is 0 Å². The Morgan fingerprint density at radius 1 is 1.08 bits per heavy atom. The highest BCUT2D eigenvalue weighted by Gasteiger charge is 2.08. The van der Waals surface area contributed by atoms with Crippen LogP contribution in [-0.2, 0) is 27.2 Å². The molecular formula is C28H24N4O4. The second-order valence-electron chi connectivity index (χ2n) is 7.60. The van der Waals surface area contributed by atoms with Gasteiger partial charge < -0.3 is 9.84 Å². The van der Waals surface area contributed by atoms with Crippen molar-refractivity contribution in [2.75, 3.05) is 0 Å². The van der Waals surface area contributed by atoms with Crippen molar-refractivity contribution in [3.8, 4) is 12.1 Å². The summed E-state index contributed by atoms with van der Waals surface area (Å²) in [5, 5.41) is 25.5. The van der Waals surface area contributed by atoms with Crippen molar-refractivity contribution in [1.29, 1.82) is 10.5 Å². The molecule has 0 radical (unpaired) electrons. The minimum absolute atomic E-state index is 0.138. The minimum atomic E-state index is -1.15. The number of nitriles is 2. The summed E-state index contributed by atoms with van der Waals surface area (Å²) in [7, 11) is 0. The molecule has 8 heteroatoms. The van der Waals surface area contributed by atoms with Gasteiger partial charge in [0.05, 0.1) is 23.8 Å². The monoisotopic (exact) mass is 480 g/mol. The van der Waals surface area contributed by atoms with Gasteiger partial charge in [0.25, 0.3) is 6.47 Å².